The third kappa shape index (κ3) is 5.08. The Hall–Kier alpha value is -1.86. The second-order valence-electron chi connectivity index (χ2n) is 6.92. The molecule has 7 heteroatoms. The van der Waals surface area contributed by atoms with Crippen molar-refractivity contribution < 1.29 is 23.8 Å². The van der Waals surface area contributed by atoms with Crippen molar-refractivity contribution >= 4 is 6.03 Å². The average Bonchev–Trinajstić information content (AvgIpc) is 2.64. The maximum atomic E-state index is 14.0. The van der Waals surface area contributed by atoms with Crippen molar-refractivity contribution in [3.05, 3.63) is 29.6 Å². The normalized spacial score (nSPS) is 17.4. The molecule has 146 valence electrons. The number of halogens is 1. The number of hydrogen-bond donors (Lipinski definition) is 2. The van der Waals surface area contributed by atoms with Crippen LogP contribution in [0, 0.1) is 11.2 Å². The molecule has 26 heavy (non-hydrogen) atoms. The molecule has 1 heterocycles. The fraction of sp³-hybridized carbons (Fsp3) is 0.632. The van der Waals surface area contributed by atoms with Gasteiger partial charge in [-0.3, -0.25) is 0 Å². The topological polar surface area (TPSA) is 71.0 Å². The first kappa shape index (κ1) is 20.5. The molecule has 2 rings (SSSR count). The van der Waals surface area contributed by atoms with E-state index in [1.807, 2.05) is 0 Å². The van der Waals surface area contributed by atoms with E-state index in [-0.39, 0.29) is 29.8 Å². The number of aliphatic hydroxyl groups is 1. The van der Waals surface area contributed by atoms with E-state index in [1.165, 1.54) is 6.07 Å². The summed E-state index contributed by atoms with van der Waals surface area (Å²) in [7, 11) is 1.70. The van der Waals surface area contributed by atoms with Crippen LogP contribution in [-0.2, 0) is 4.74 Å². The summed E-state index contributed by atoms with van der Waals surface area (Å²) in [5, 5.41) is 12.6. The molecule has 0 aromatic heterocycles. The summed E-state index contributed by atoms with van der Waals surface area (Å²) in [6.07, 6.45) is 1.45. The lowest BCUT2D eigenvalue weighted by Crippen LogP contribution is -2.47. The molecular formula is C19H29FN2O4. The highest BCUT2D eigenvalue weighted by Crippen LogP contribution is 2.31. The van der Waals surface area contributed by atoms with E-state index in [0.717, 1.165) is 12.8 Å². The van der Waals surface area contributed by atoms with Crippen molar-refractivity contribution in [2.24, 2.45) is 5.41 Å². The van der Waals surface area contributed by atoms with Gasteiger partial charge in [-0.25, -0.2) is 9.18 Å². The van der Waals surface area contributed by atoms with Crippen LogP contribution in [0.1, 0.15) is 38.3 Å². The first-order valence-electron chi connectivity index (χ1n) is 9.03. The number of carbonyl (C=O) groups is 1. The number of urea groups is 1. The average molecular weight is 368 g/mol. The van der Waals surface area contributed by atoms with E-state index in [2.05, 4.69) is 5.32 Å². The lowest BCUT2D eigenvalue weighted by Gasteiger charge is -2.38. The van der Waals surface area contributed by atoms with Crippen LogP contribution in [0.4, 0.5) is 9.18 Å². The summed E-state index contributed by atoms with van der Waals surface area (Å²) < 4.78 is 24.6. The van der Waals surface area contributed by atoms with E-state index in [1.54, 1.807) is 37.9 Å². The number of ether oxygens (including phenoxy) is 2. The highest BCUT2D eigenvalue weighted by atomic mass is 19.1. The van der Waals surface area contributed by atoms with Gasteiger partial charge < -0.3 is 24.8 Å². The maximum Gasteiger partial charge on any atom is 0.317 e. The molecule has 2 N–H and O–H groups in total. The molecule has 0 bridgehead atoms. The first-order valence-corrected chi connectivity index (χ1v) is 9.03. The Morgan fingerprint density at radius 1 is 1.46 bits per heavy atom. The smallest absolute Gasteiger partial charge is 0.317 e. The quantitative estimate of drug-likeness (QED) is 0.776. The molecule has 1 fully saturated rings. The van der Waals surface area contributed by atoms with Gasteiger partial charge in [-0.15, -0.1) is 0 Å². The number of amides is 2. The Morgan fingerprint density at radius 3 is 2.73 bits per heavy atom. The summed E-state index contributed by atoms with van der Waals surface area (Å²) in [5.41, 5.74) is 0.342. The second-order valence-corrected chi connectivity index (χ2v) is 6.92. The van der Waals surface area contributed by atoms with Crippen molar-refractivity contribution in [2.75, 3.05) is 40.0 Å². The third-order valence-electron chi connectivity index (χ3n) is 4.90. The largest absolute Gasteiger partial charge is 0.491 e. The standard InChI is InChI=1S/C19H29FN2O4/c1-4-26-17-6-5-15(11-16(17)20)14(2)21-18(24)22(3)12-19(13-23)7-9-25-10-8-19/h5-6,11,14,23H,4,7-10,12-13H2,1-3H3,(H,21,24)/t14-/m0/s1. The van der Waals surface area contributed by atoms with Gasteiger partial charge >= 0.3 is 6.03 Å². The monoisotopic (exact) mass is 368 g/mol. The Morgan fingerprint density at radius 2 is 2.15 bits per heavy atom. The van der Waals surface area contributed by atoms with Crippen molar-refractivity contribution in [2.45, 2.75) is 32.7 Å². The summed E-state index contributed by atoms with van der Waals surface area (Å²) >= 11 is 0. The van der Waals surface area contributed by atoms with Crippen molar-refractivity contribution in [1.82, 2.24) is 10.2 Å². The minimum atomic E-state index is -0.444. The van der Waals surface area contributed by atoms with Gasteiger partial charge in [0, 0.05) is 32.2 Å². The van der Waals surface area contributed by atoms with Gasteiger partial charge in [0.1, 0.15) is 0 Å². The van der Waals surface area contributed by atoms with Crippen molar-refractivity contribution in [3.63, 3.8) is 0 Å². The van der Waals surface area contributed by atoms with Gasteiger partial charge in [0.25, 0.3) is 0 Å². The van der Waals surface area contributed by atoms with E-state index >= 15 is 0 Å². The fourth-order valence-corrected chi connectivity index (χ4v) is 3.18. The molecule has 1 saturated heterocycles. The number of benzene rings is 1. The Balaban J connectivity index is 1.96. The minimum absolute atomic E-state index is 0.0215. The van der Waals surface area contributed by atoms with Crippen LogP contribution < -0.4 is 10.1 Å². The van der Waals surface area contributed by atoms with Crippen LogP contribution >= 0.6 is 0 Å². The molecule has 1 aromatic rings. The SMILES string of the molecule is CCOc1ccc([C@H](C)NC(=O)N(C)CC2(CO)CCOCC2)cc1F. The number of nitrogens with one attached hydrogen (secondary N) is 1. The number of hydrogen-bond acceptors (Lipinski definition) is 4. The van der Waals surface area contributed by atoms with Crippen LogP contribution in [0.3, 0.4) is 0 Å². The van der Waals surface area contributed by atoms with E-state index in [4.69, 9.17) is 9.47 Å². The van der Waals surface area contributed by atoms with E-state index in [9.17, 15) is 14.3 Å². The molecule has 6 nitrogen and oxygen atoms in total. The number of carbonyl (C=O) groups excluding carboxylic acids is 1. The van der Waals surface area contributed by atoms with Crippen LogP contribution in [0.2, 0.25) is 0 Å². The van der Waals surface area contributed by atoms with Gasteiger partial charge in [0.05, 0.1) is 19.3 Å². The molecule has 2 amide bonds. The fourth-order valence-electron chi connectivity index (χ4n) is 3.18. The number of aliphatic hydroxyl groups excluding tert-OH is 1. The molecule has 1 atom stereocenters. The van der Waals surface area contributed by atoms with Crippen LogP contribution in [0.5, 0.6) is 5.75 Å². The molecule has 1 aliphatic heterocycles. The Bertz CT molecular complexity index is 605. The Kier molecular flexibility index (Phi) is 7.23. The highest BCUT2D eigenvalue weighted by Gasteiger charge is 2.34. The van der Waals surface area contributed by atoms with Gasteiger partial charge in [0.2, 0.25) is 0 Å². The maximum absolute atomic E-state index is 14.0. The summed E-state index contributed by atoms with van der Waals surface area (Å²) in [6.45, 7) is 5.65. The van der Waals surface area contributed by atoms with E-state index < -0.39 is 5.82 Å². The molecule has 0 saturated carbocycles. The van der Waals surface area contributed by atoms with Crippen LogP contribution in [0.15, 0.2) is 18.2 Å². The first-order chi connectivity index (χ1) is 12.4. The third-order valence-corrected chi connectivity index (χ3v) is 4.90. The summed E-state index contributed by atoms with van der Waals surface area (Å²) in [6, 6.07) is 4.08. The van der Waals surface area contributed by atoms with E-state index in [0.29, 0.717) is 31.9 Å². The van der Waals surface area contributed by atoms with Gasteiger partial charge in [0.15, 0.2) is 11.6 Å². The van der Waals surface area contributed by atoms with Crippen LogP contribution in [0.25, 0.3) is 0 Å². The van der Waals surface area contributed by atoms with Gasteiger partial charge in [-0.2, -0.15) is 0 Å². The van der Waals surface area contributed by atoms with Crippen molar-refractivity contribution in [1.29, 1.82) is 0 Å². The lowest BCUT2D eigenvalue weighted by molar-refractivity contribution is -0.0261. The molecule has 0 aliphatic carbocycles. The van der Waals surface area contributed by atoms with Gasteiger partial charge in [-0.1, -0.05) is 6.07 Å². The summed E-state index contributed by atoms with van der Waals surface area (Å²) in [5.74, 6) is -0.239. The Labute approximate surface area is 154 Å². The summed E-state index contributed by atoms with van der Waals surface area (Å²) in [4.78, 5) is 14.1. The van der Waals surface area contributed by atoms with Gasteiger partial charge in [-0.05, 0) is 44.4 Å². The molecule has 0 radical (unpaired) electrons. The number of nitrogens with zero attached hydrogens (tertiary/aromatic N) is 1. The predicted octanol–water partition coefficient (Wildman–Crippen LogP) is 2.72. The zero-order chi connectivity index (χ0) is 19.2. The predicted molar refractivity (Wildman–Crippen MR) is 96.7 cm³/mol. The molecule has 1 aromatic carbocycles. The van der Waals surface area contributed by atoms with Crippen molar-refractivity contribution in [3.8, 4) is 5.75 Å². The zero-order valence-electron chi connectivity index (χ0n) is 15.8. The number of rotatable bonds is 7. The highest BCUT2D eigenvalue weighted by molar-refractivity contribution is 5.74. The lowest BCUT2D eigenvalue weighted by atomic mass is 9.80. The molecular weight excluding hydrogens is 339 g/mol. The molecule has 0 spiro atoms. The minimum Gasteiger partial charge on any atom is -0.491 e. The molecule has 0 unspecified atom stereocenters. The zero-order valence-corrected chi connectivity index (χ0v) is 15.8. The molecule has 1 aliphatic rings. The van der Waals surface area contributed by atoms with Crippen LogP contribution in [-0.4, -0.2) is 56.1 Å². The second kappa shape index (κ2) is 9.19.